The van der Waals surface area contributed by atoms with Gasteiger partial charge >= 0.3 is 15.3 Å². The lowest BCUT2D eigenvalue weighted by Crippen LogP contribution is -2.19. The van der Waals surface area contributed by atoms with Crippen LogP contribution in [0.3, 0.4) is 0 Å². The van der Waals surface area contributed by atoms with Crippen LogP contribution in [0.25, 0.3) is 0 Å². The van der Waals surface area contributed by atoms with E-state index in [2.05, 4.69) is 10.2 Å². The van der Waals surface area contributed by atoms with E-state index in [1.54, 1.807) is 12.1 Å². The zero-order valence-corrected chi connectivity index (χ0v) is 15.0. The van der Waals surface area contributed by atoms with Gasteiger partial charge in [0.15, 0.2) is 0 Å². The van der Waals surface area contributed by atoms with E-state index >= 15 is 0 Å². The summed E-state index contributed by atoms with van der Waals surface area (Å²) < 4.78 is 30.1. The Bertz CT molecular complexity index is 849. The average Bonchev–Trinajstić information content (AvgIpc) is 3.02. The summed E-state index contributed by atoms with van der Waals surface area (Å²) in [5.41, 5.74) is 7.79. The highest BCUT2D eigenvalue weighted by Gasteiger charge is 2.27. The zero-order chi connectivity index (χ0) is 16.8. The Balaban J connectivity index is 1.92. The fourth-order valence-electron chi connectivity index (χ4n) is 2.47. The topological polar surface area (TPSA) is 95.2 Å². The number of nitrogens with zero attached hydrogens (tertiary/aromatic N) is 2. The minimum Gasteiger partial charge on any atom is -0.346 e. The van der Waals surface area contributed by atoms with Crippen molar-refractivity contribution in [1.29, 1.82) is 0 Å². The molecule has 9 heteroatoms. The summed E-state index contributed by atoms with van der Waals surface area (Å²) in [7, 11) is -4.06. The quantitative estimate of drug-likeness (QED) is 0.827. The molecule has 1 aromatic carbocycles. The average molecular weight is 374 g/mol. The molecule has 1 heterocycles. The Hall–Kier alpha value is -1.22. The molecule has 1 unspecified atom stereocenters. The molecule has 124 valence electrons. The third-order valence-electron chi connectivity index (χ3n) is 3.58. The number of nitrogens with two attached hydrogens (primary N) is 1. The summed E-state index contributed by atoms with van der Waals surface area (Å²) in [5.74, 6) is 0.151. The van der Waals surface area contributed by atoms with E-state index in [9.17, 15) is 8.42 Å². The molecule has 1 aliphatic carbocycles. The van der Waals surface area contributed by atoms with Crippen LogP contribution in [0.2, 0.25) is 5.02 Å². The third kappa shape index (κ3) is 3.35. The molecule has 1 aromatic heterocycles. The zero-order valence-electron chi connectivity index (χ0n) is 12.6. The Labute approximate surface area is 143 Å². The van der Waals surface area contributed by atoms with Gasteiger partial charge in [0.2, 0.25) is 0 Å². The predicted octanol–water partition coefficient (Wildman–Crippen LogP) is 2.51. The van der Waals surface area contributed by atoms with Crippen LogP contribution in [0.4, 0.5) is 0 Å². The molecule has 2 aromatic rings. The molecule has 6 nitrogen and oxygen atoms in total. The van der Waals surface area contributed by atoms with Crippen LogP contribution in [0.15, 0.2) is 17.0 Å². The maximum absolute atomic E-state index is 12.5. The molecule has 0 saturated carbocycles. The van der Waals surface area contributed by atoms with Crippen molar-refractivity contribution in [2.75, 3.05) is 0 Å². The number of hydrogen-bond acceptors (Lipinski definition) is 7. The van der Waals surface area contributed by atoms with Gasteiger partial charge in [0, 0.05) is 12.0 Å². The standard InChI is InChI=1S/C14H16ClN3O3S2/c1-7(2)13-17-18-14(22-13)21-23(19,20)12-6-9-4-10(16)3-8(9)5-11(12)15/h5-7,10H,3-4,16H2,1-2H3. The highest BCUT2D eigenvalue weighted by molar-refractivity contribution is 7.87. The number of halogens is 1. The molecule has 3 rings (SSSR count). The van der Waals surface area contributed by atoms with Crippen molar-refractivity contribution in [3.05, 3.63) is 33.3 Å². The van der Waals surface area contributed by atoms with Gasteiger partial charge in [-0.25, -0.2) is 0 Å². The van der Waals surface area contributed by atoms with E-state index in [1.807, 2.05) is 13.8 Å². The summed E-state index contributed by atoms with van der Waals surface area (Å²) in [4.78, 5) is -0.0617. The van der Waals surface area contributed by atoms with Crippen LogP contribution in [0.1, 0.15) is 35.9 Å². The smallest absolute Gasteiger partial charge is 0.342 e. The molecular formula is C14H16ClN3O3S2. The maximum Gasteiger partial charge on any atom is 0.342 e. The van der Waals surface area contributed by atoms with Gasteiger partial charge in [-0.15, -0.1) is 5.10 Å². The van der Waals surface area contributed by atoms with Gasteiger partial charge in [0.05, 0.1) is 5.02 Å². The molecule has 0 saturated heterocycles. The first-order valence-electron chi connectivity index (χ1n) is 7.11. The van der Waals surface area contributed by atoms with Crippen LogP contribution < -0.4 is 9.92 Å². The molecule has 0 aliphatic heterocycles. The second-order valence-corrected chi connectivity index (χ2v) is 8.71. The van der Waals surface area contributed by atoms with Crippen molar-refractivity contribution in [3.63, 3.8) is 0 Å². The fraction of sp³-hybridized carbons (Fsp3) is 0.429. The van der Waals surface area contributed by atoms with Crippen LogP contribution in [-0.2, 0) is 23.0 Å². The van der Waals surface area contributed by atoms with E-state index in [-0.39, 0.29) is 27.1 Å². The molecule has 23 heavy (non-hydrogen) atoms. The van der Waals surface area contributed by atoms with Gasteiger partial charge in [-0.3, -0.25) is 0 Å². The van der Waals surface area contributed by atoms with Crippen LogP contribution in [0, 0.1) is 0 Å². The first kappa shape index (κ1) is 16.6. The molecule has 0 spiro atoms. The van der Waals surface area contributed by atoms with Crippen LogP contribution in [0.5, 0.6) is 5.19 Å². The van der Waals surface area contributed by atoms with Crippen molar-refractivity contribution in [2.45, 2.75) is 43.5 Å². The summed E-state index contributed by atoms with van der Waals surface area (Å²) in [6, 6.07) is 3.20. The van der Waals surface area contributed by atoms with Crippen molar-refractivity contribution in [3.8, 4) is 5.19 Å². The maximum atomic E-state index is 12.5. The first-order valence-corrected chi connectivity index (χ1v) is 9.71. The number of fused-ring (bicyclic) bond motifs is 1. The fourth-order valence-corrected chi connectivity index (χ4v) is 4.82. The largest absolute Gasteiger partial charge is 0.346 e. The minimum atomic E-state index is -4.06. The van der Waals surface area contributed by atoms with Gasteiger partial charge in [0.25, 0.3) is 0 Å². The highest BCUT2D eigenvalue weighted by Crippen LogP contribution is 2.33. The number of aromatic nitrogens is 2. The Morgan fingerprint density at radius 1 is 1.30 bits per heavy atom. The van der Waals surface area contributed by atoms with Crippen LogP contribution in [-0.4, -0.2) is 24.7 Å². The summed E-state index contributed by atoms with van der Waals surface area (Å²) in [6.45, 7) is 3.89. The number of rotatable bonds is 4. The van der Waals surface area contributed by atoms with Gasteiger partial charge in [0.1, 0.15) is 9.90 Å². The van der Waals surface area contributed by atoms with E-state index < -0.39 is 10.1 Å². The second-order valence-electron chi connectivity index (χ2n) is 5.82. The normalized spacial score (nSPS) is 17.5. The van der Waals surface area contributed by atoms with Crippen molar-refractivity contribution in [1.82, 2.24) is 10.2 Å². The number of benzene rings is 1. The third-order valence-corrected chi connectivity index (χ3v) is 6.47. The van der Waals surface area contributed by atoms with Crippen molar-refractivity contribution < 1.29 is 12.6 Å². The molecular weight excluding hydrogens is 358 g/mol. The van der Waals surface area contributed by atoms with Crippen molar-refractivity contribution in [2.24, 2.45) is 5.73 Å². The predicted molar refractivity (Wildman–Crippen MR) is 88.6 cm³/mol. The van der Waals surface area contributed by atoms with Crippen LogP contribution >= 0.6 is 22.9 Å². The monoisotopic (exact) mass is 373 g/mol. The molecule has 2 N–H and O–H groups in total. The minimum absolute atomic E-state index is 0.00305. The summed E-state index contributed by atoms with van der Waals surface area (Å²) >= 11 is 7.24. The van der Waals surface area contributed by atoms with Gasteiger partial charge in [-0.05, 0) is 36.1 Å². The molecule has 0 bridgehead atoms. The lowest BCUT2D eigenvalue weighted by atomic mass is 10.1. The van der Waals surface area contributed by atoms with Gasteiger partial charge in [-0.1, -0.05) is 41.9 Å². The summed E-state index contributed by atoms with van der Waals surface area (Å²) in [5, 5.41) is 8.51. The Morgan fingerprint density at radius 2 is 1.96 bits per heavy atom. The lowest BCUT2D eigenvalue weighted by molar-refractivity contribution is 0.481. The molecule has 1 atom stereocenters. The number of hydrogen-bond donors (Lipinski definition) is 1. The van der Waals surface area contributed by atoms with Gasteiger partial charge < -0.3 is 9.92 Å². The summed E-state index contributed by atoms with van der Waals surface area (Å²) in [6.07, 6.45) is 1.33. The molecule has 0 amide bonds. The highest BCUT2D eigenvalue weighted by atomic mass is 35.5. The van der Waals surface area contributed by atoms with E-state index in [4.69, 9.17) is 21.5 Å². The second kappa shape index (κ2) is 6.01. The first-order chi connectivity index (χ1) is 10.8. The SMILES string of the molecule is CC(C)c1nnc(OS(=O)(=O)c2cc3c(cc2Cl)CC(N)C3)s1. The van der Waals surface area contributed by atoms with Gasteiger partial charge in [-0.2, -0.15) is 8.42 Å². The Kier molecular flexibility index (Phi) is 4.35. The molecule has 0 radical (unpaired) electrons. The van der Waals surface area contributed by atoms with E-state index in [0.29, 0.717) is 17.8 Å². The molecule has 0 fully saturated rings. The van der Waals surface area contributed by atoms with Crippen molar-refractivity contribution >= 4 is 33.1 Å². The van der Waals surface area contributed by atoms with E-state index in [1.165, 1.54) is 0 Å². The molecule has 1 aliphatic rings. The Morgan fingerprint density at radius 3 is 2.57 bits per heavy atom. The lowest BCUT2D eigenvalue weighted by Gasteiger charge is -2.08. The van der Waals surface area contributed by atoms with E-state index in [0.717, 1.165) is 22.5 Å².